The first-order valence-corrected chi connectivity index (χ1v) is 8.79. The van der Waals surface area contributed by atoms with Crippen LogP contribution < -0.4 is 5.38 Å². The van der Waals surface area contributed by atoms with E-state index in [2.05, 4.69) is 38.7 Å². The molecule has 0 amide bonds. The van der Waals surface area contributed by atoms with Crippen LogP contribution >= 0.6 is 0 Å². The molecular weight excluding hydrogens is 188 g/mol. The Morgan fingerprint density at radius 1 is 1.29 bits per heavy atom. The highest BCUT2D eigenvalue weighted by molar-refractivity contribution is 6.88. The molecule has 1 aromatic rings. The highest BCUT2D eigenvalue weighted by atomic mass is 28.3. The fourth-order valence-corrected chi connectivity index (χ4v) is 3.73. The van der Waals surface area contributed by atoms with Crippen molar-refractivity contribution in [1.82, 2.24) is 0 Å². The molecule has 0 saturated heterocycles. The van der Waals surface area contributed by atoms with E-state index in [1.807, 2.05) is 0 Å². The molecule has 0 unspecified atom stereocenters. The monoisotopic (exact) mass is 206 g/mol. The van der Waals surface area contributed by atoms with Gasteiger partial charge in [0.05, 0.1) is 5.38 Å². The van der Waals surface area contributed by atoms with Crippen LogP contribution in [0.5, 0.6) is 0 Å². The molecule has 2 rings (SSSR count). The molecule has 0 spiro atoms. The van der Waals surface area contributed by atoms with E-state index in [1.165, 1.54) is 29.4 Å². The van der Waals surface area contributed by atoms with Crippen LogP contribution in [0.15, 0.2) is 10.5 Å². The Hall–Kier alpha value is -0.763. The van der Waals surface area contributed by atoms with Gasteiger partial charge in [-0.2, -0.15) is 0 Å². The van der Waals surface area contributed by atoms with Crippen LogP contribution in [0, 0.1) is 6.92 Å². The van der Waals surface area contributed by atoms with Gasteiger partial charge in [-0.25, -0.2) is 0 Å². The second-order valence-electron chi connectivity index (χ2n) is 5.07. The van der Waals surface area contributed by atoms with Crippen molar-refractivity contribution in [3.8, 4) is 0 Å². The van der Waals surface area contributed by atoms with E-state index in [9.17, 15) is 0 Å². The van der Waals surface area contributed by atoms with Gasteiger partial charge in [0.25, 0.3) is 0 Å². The summed E-state index contributed by atoms with van der Waals surface area (Å²) in [4.78, 5) is 0. The van der Waals surface area contributed by atoms with Crippen molar-refractivity contribution in [3.63, 3.8) is 0 Å². The molecule has 1 nitrogen and oxygen atoms in total. The zero-order chi connectivity index (χ0) is 10.3. The average Bonchev–Trinajstić information content (AvgIpc) is 2.44. The topological polar surface area (TPSA) is 13.1 Å². The van der Waals surface area contributed by atoms with Gasteiger partial charge in [-0.3, -0.25) is 0 Å². The van der Waals surface area contributed by atoms with Crippen molar-refractivity contribution in [1.29, 1.82) is 0 Å². The van der Waals surface area contributed by atoms with E-state index in [-0.39, 0.29) is 0 Å². The second-order valence-corrected chi connectivity index (χ2v) is 10.0. The van der Waals surface area contributed by atoms with E-state index in [0.29, 0.717) is 0 Å². The van der Waals surface area contributed by atoms with Gasteiger partial charge >= 0.3 is 0 Å². The Bertz CT molecular complexity index is 380. The predicted molar refractivity (Wildman–Crippen MR) is 63.8 cm³/mol. The lowest BCUT2D eigenvalue weighted by atomic mass is 10.0. The number of aryl methyl sites for hydroxylation is 1. The van der Waals surface area contributed by atoms with Crippen molar-refractivity contribution in [2.45, 2.75) is 39.4 Å². The van der Waals surface area contributed by atoms with Gasteiger partial charge in [0.2, 0.25) is 0 Å². The lowest BCUT2D eigenvalue weighted by Crippen LogP contribution is -2.39. The number of allylic oxidation sites excluding steroid dienone is 1. The maximum atomic E-state index is 5.94. The summed E-state index contributed by atoms with van der Waals surface area (Å²) >= 11 is 0. The maximum Gasteiger partial charge on any atom is 0.123 e. The molecular formula is C12H18OSi. The lowest BCUT2D eigenvalue weighted by molar-refractivity contribution is 0.560. The Morgan fingerprint density at radius 3 is 2.64 bits per heavy atom. The minimum atomic E-state index is -1.29. The Balaban J connectivity index is 2.59. The minimum Gasteiger partial charge on any atom is -0.471 e. The number of rotatable bonds is 1. The highest BCUT2D eigenvalue weighted by Crippen LogP contribution is 2.25. The van der Waals surface area contributed by atoms with E-state index in [0.717, 1.165) is 5.76 Å². The number of hydrogen-bond donors (Lipinski definition) is 0. The third kappa shape index (κ3) is 1.48. The molecule has 0 aliphatic heterocycles. The fraction of sp³-hybridized carbons (Fsp3) is 0.500. The summed E-state index contributed by atoms with van der Waals surface area (Å²) in [6.45, 7) is 9.13. The third-order valence-electron chi connectivity index (χ3n) is 2.76. The summed E-state index contributed by atoms with van der Waals surface area (Å²) in [6.07, 6.45) is 6.81. The quantitative estimate of drug-likeness (QED) is 0.644. The van der Waals surface area contributed by atoms with Crippen molar-refractivity contribution >= 4 is 19.5 Å². The van der Waals surface area contributed by atoms with Crippen LogP contribution in [-0.4, -0.2) is 8.07 Å². The molecule has 0 aromatic carbocycles. The largest absolute Gasteiger partial charge is 0.471 e. The van der Waals surface area contributed by atoms with Gasteiger partial charge in [-0.15, -0.1) is 0 Å². The Kier molecular flexibility index (Phi) is 2.18. The SMILES string of the molecule is Cc1oc([Si](C)(C)C)c2c1C=CCC2. The molecule has 0 N–H and O–H groups in total. The zero-order valence-corrected chi connectivity index (χ0v) is 10.5. The van der Waals surface area contributed by atoms with Crippen LogP contribution in [0.4, 0.5) is 0 Å². The standard InChI is InChI=1S/C12H18OSi/c1-9-10-7-5-6-8-11(10)12(13-9)14(2,3)4/h5,7H,6,8H2,1-4H3. The third-order valence-corrected chi connectivity index (χ3v) is 4.53. The van der Waals surface area contributed by atoms with Crippen LogP contribution in [0.2, 0.25) is 19.6 Å². The summed E-state index contributed by atoms with van der Waals surface area (Å²) in [5, 5.41) is 1.31. The zero-order valence-electron chi connectivity index (χ0n) is 9.48. The minimum absolute atomic E-state index is 1.10. The molecule has 2 heteroatoms. The van der Waals surface area contributed by atoms with Gasteiger partial charge in [-0.1, -0.05) is 31.8 Å². The normalized spacial score (nSPS) is 15.7. The molecule has 76 valence electrons. The molecule has 0 bridgehead atoms. The summed E-state index contributed by atoms with van der Waals surface area (Å²) in [6, 6.07) is 0. The second kappa shape index (κ2) is 3.12. The highest BCUT2D eigenvalue weighted by Gasteiger charge is 2.28. The first kappa shape index (κ1) is 9.78. The summed E-state index contributed by atoms with van der Waals surface area (Å²) in [5.41, 5.74) is 2.85. The average molecular weight is 206 g/mol. The van der Waals surface area contributed by atoms with Crippen molar-refractivity contribution in [2.75, 3.05) is 0 Å². The van der Waals surface area contributed by atoms with E-state index >= 15 is 0 Å². The molecule has 0 fully saturated rings. The van der Waals surface area contributed by atoms with Crippen LogP contribution in [0.25, 0.3) is 6.08 Å². The van der Waals surface area contributed by atoms with Crippen LogP contribution in [0.1, 0.15) is 23.3 Å². The predicted octanol–water partition coefficient (Wildman–Crippen LogP) is 3.09. The Morgan fingerprint density at radius 2 is 2.00 bits per heavy atom. The van der Waals surface area contributed by atoms with E-state index in [1.54, 1.807) is 0 Å². The first-order valence-electron chi connectivity index (χ1n) is 5.29. The van der Waals surface area contributed by atoms with Gasteiger partial charge in [0, 0.05) is 5.56 Å². The van der Waals surface area contributed by atoms with Crippen molar-refractivity contribution in [3.05, 3.63) is 23.0 Å². The number of furan rings is 1. The summed E-state index contributed by atoms with van der Waals surface area (Å²) in [5.74, 6) is 1.10. The molecule has 1 heterocycles. The van der Waals surface area contributed by atoms with Crippen LogP contribution in [-0.2, 0) is 6.42 Å². The lowest BCUT2D eigenvalue weighted by Gasteiger charge is -2.16. The maximum absolute atomic E-state index is 5.94. The van der Waals surface area contributed by atoms with E-state index in [4.69, 9.17) is 4.42 Å². The molecule has 14 heavy (non-hydrogen) atoms. The smallest absolute Gasteiger partial charge is 0.123 e. The fourth-order valence-electron chi connectivity index (χ4n) is 2.11. The van der Waals surface area contributed by atoms with Gasteiger partial charge < -0.3 is 4.42 Å². The molecule has 0 saturated carbocycles. The number of hydrogen-bond acceptors (Lipinski definition) is 1. The molecule has 1 aliphatic carbocycles. The van der Waals surface area contributed by atoms with Gasteiger partial charge in [0.1, 0.15) is 13.8 Å². The van der Waals surface area contributed by atoms with Gasteiger partial charge in [0.15, 0.2) is 0 Å². The van der Waals surface area contributed by atoms with Gasteiger partial charge in [-0.05, 0) is 25.3 Å². The Labute approximate surface area is 86.8 Å². The first-order chi connectivity index (χ1) is 6.50. The summed E-state index contributed by atoms with van der Waals surface area (Å²) in [7, 11) is -1.29. The van der Waals surface area contributed by atoms with Crippen molar-refractivity contribution < 1.29 is 4.42 Å². The molecule has 0 radical (unpaired) electrons. The number of fused-ring (bicyclic) bond motifs is 1. The molecule has 1 aliphatic rings. The van der Waals surface area contributed by atoms with Crippen LogP contribution in [0.3, 0.4) is 0 Å². The van der Waals surface area contributed by atoms with E-state index < -0.39 is 8.07 Å². The van der Waals surface area contributed by atoms with Crippen molar-refractivity contribution in [2.24, 2.45) is 0 Å². The molecule has 1 aromatic heterocycles. The molecule has 0 atom stereocenters. The summed E-state index contributed by atoms with van der Waals surface area (Å²) < 4.78 is 5.94.